The van der Waals surface area contributed by atoms with Gasteiger partial charge in [-0.25, -0.2) is 0 Å². The van der Waals surface area contributed by atoms with Crippen LogP contribution < -0.4 is 0 Å². The van der Waals surface area contributed by atoms with Gasteiger partial charge in [0.05, 0.1) is 0 Å². The molecule has 0 aromatic rings. The van der Waals surface area contributed by atoms with Crippen molar-refractivity contribution in [3.05, 3.63) is 36.5 Å². The molecule has 0 heterocycles. The zero-order valence-corrected chi connectivity index (χ0v) is 9.77. The van der Waals surface area contributed by atoms with Crippen LogP contribution in [0.1, 0.15) is 40.0 Å². The molecule has 1 rings (SSSR count). The topological polar surface area (TPSA) is 0 Å². The molecule has 0 amide bonds. The van der Waals surface area contributed by atoms with Crippen molar-refractivity contribution in [3.63, 3.8) is 0 Å². The molecule has 1 unspecified atom stereocenters. The minimum absolute atomic E-state index is 0.345. The van der Waals surface area contributed by atoms with E-state index in [0.717, 1.165) is 0 Å². The second-order valence-corrected chi connectivity index (χ2v) is 5.26. The third-order valence-electron chi connectivity index (χ3n) is 3.14. The fourth-order valence-corrected chi connectivity index (χ4v) is 2.34. The Morgan fingerprint density at radius 3 is 2.50 bits per heavy atom. The molecular weight excluding hydrogens is 168 g/mol. The molecule has 1 atom stereocenters. The smallest absolute Gasteiger partial charge is 0.0116 e. The molecule has 0 aliphatic heterocycles. The first-order valence-corrected chi connectivity index (χ1v) is 5.47. The van der Waals surface area contributed by atoms with Crippen LogP contribution in [0.15, 0.2) is 36.5 Å². The summed E-state index contributed by atoms with van der Waals surface area (Å²) in [7, 11) is 0. The first-order chi connectivity index (χ1) is 6.46. The van der Waals surface area contributed by atoms with Gasteiger partial charge in [-0.1, -0.05) is 46.1 Å². The summed E-state index contributed by atoms with van der Waals surface area (Å²) in [5.74, 6) is 0.641. The highest BCUT2D eigenvalue weighted by molar-refractivity contribution is 5.35. The Morgan fingerprint density at radius 2 is 2.00 bits per heavy atom. The third-order valence-corrected chi connectivity index (χ3v) is 3.14. The molecule has 1 aliphatic rings. The van der Waals surface area contributed by atoms with Crippen LogP contribution in [0.4, 0.5) is 0 Å². The van der Waals surface area contributed by atoms with Crippen molar-refractivity contribution < 1.29 is 0 Å². The van der Waals surface area contributed by atoms with Gasteiger partial charge in [-0.15, -0.1) is 0 Å². The predicted octanol–water partition coefficient (Wildman–Crippen LogP) is 4.50. The zero-order valence-electron chi connectivity index (χ0n) is 9.77. The van der Waals surface area contributed by atoms with E-state index in [1.54, 1.807) is 0 Å². The highest BCUT2D eigenvalue weighted by atomic mass is 14.3. The standard InChI is InChI=1S/C14H22/c1-6-8-12-9-7-10-13(11(12)2)14(3,4)5/h6,8,13H,1-2,7,9-10H2,3-5H3/b12-8-. The van der Waals surface area contributed by atoms with Gasteiger partial charge in [-0.05, 0) is 41.7 Å². The van der Waals surface area contributed by atoms with Gasteiger partial charge in [-0.3, -0.25) is 0 Å². The van der Waals surface area contributed by atoms with Crippen LogP contribution in [0.5, 0.6) is 0 Å². The van der Waals surface area contributed by atoms with Gasteiger partial charge >= 0.3 is 0 Å². The van der Waals surface area contributed by atoms with E-state index >= 15 is 0 Å². The molecule has 1 aliphatic carbocycles. The summed E-state index contributed by atoms with van der Waals surface area (Å²) in [6.07, 6.45) is 7.76. The van der Waals surface area contributed by atoms with E-state index in [2.05, 4.69) is 40.0 Å². The Balaban J connectivity index is 2.87. The highest BCUT2D eigenvalue weighted by Crippen LogP contribution is 2.42. The summed E-state index contributed by atoms with van der Waals surface area (Å²) >= 11 is 0. The minimum Gasteiger partial charge on any atom is -0.0991 e. The average Bonchev–Trinajstić information content (AvgIpc) is 2.07. The maximum Gasteiger partial charge on any atom is -0.0116 e. The zero-order chi connectivity index (χ0) is 10.8. The Bertz CT molecular complexity index is 260. The van der Waals surface area contributed by atoms with Crippen molar-refractivity contribution in [3.8, 4) is 0 Å². The van der Waals surface area contributed by atoms with Crippen LogP contribution >= 0.6 is 0 Å². The van der Waals surface area contributed by atoms with Crippen LogP contribution in [-0.4, -0.2) is 0 Å². The molecule has 0 radical (unpaired) electrons. The summed E-state index contributed by atoms with van der Waals surface area (Å²) in [6.45, 7) is 14.9. The lowest BCUT2D eigenvalue weighted by Crippen LogP contribution is -2.25. The molecular formula is C14H22. The Morgan fingerprint density at radius 1 is 1.36 bits per heavy atom. The lowest BCUT2D eigenvalue weighted by Gasteiger charge is -2.37. The quantitative estimate of drug-likeness (QED) is 0.571. The van der Waals surface area contributed by atoms with Gasteiger partial charge in [0.2, 0.25) is 0 Å². The van der Waals surface area contributed by atoms with Gasteiger partial charge in [-0.2, -0.15) is 0 Å². The predicted molar refractivity (Wildman–Crippen MR) is 64.2 cm³/mol. The van der Waals surface area contributed by atoms with E-state index in [-0.39, 0.29) is 0 Å². The Labute approximate surface area is 88.4 Å². The molecule has 1 saturated carbocycles. The molecule has 0 heteroatoms. The third kappa shape index (κ3) is 2.37. The molecule has 0 saturated heterocycles. The van der Waals surface area contributed by atoms with Crippen LogP contribution in [-0.2, 0) is 0 Å². The van der Waals surface area contributed by atoms with Crippen LogP contribution in [0, 0.1) is 11.3 Å². The van der Waals surface area contributed by atoms with E-state index in [4.69, 9.17) is 0 Å². The van der Waals surface area contributed by atoms with Gasteiger partial charge in [0.1, 0.15) is 0 Å². The fraction of sp³-hybridized carbons (Fsp3) is 0.571. The number of rotatable bonds is 1. The van der Waals surface area contributed by atoms with Crippen LogP contribution in [0.25, 0.3) is 0 Å². The van der Waals surface area contributed by atoms with Crippen molar-refractivity contribution in [2.24, 2.45) is 11.3 Å². The van der Waals surface area contributed by atoms with Gasteiger partial charge in [0, 0.05) is 0 Å². The molecule has 1 fully saturated rings. The van der Waals surface area contributed by atoms with E-state index in [1.165, 1.54) is 30.4 Å². The minimum atomic E-state index is 0.345. The summed E-state index contributed by atoms with van der Waals surface area (Å²) in [5, 5.41) is 0. The molecule has 14 heavy (non-hydrogen) atoms. The second-order valence-electron chi connectivity index (χ2n) is 5.26. The molecule has 0 aromatic carbocycles. The highest BCUT2D eigenvalue weighted by Gasteiger charge is 2.30. The Kier molecular flexibility index (Phi) is 3.36. The molecule has 0 spiro atoms. The van der Waals surface area contributed by atoms with Crippen LogP contribution in [0.2, 0.25) is 0 Å². The van der Waals surface area contributed by atoms with Crippen molar-refractivity contribution in [2.75, 3.05) is 0 Å². The number of hydrogen-bond acceptors (Lipinski definition) is 0. The Hall–Kier alpha value is -0.780. The van der Waals surface area contributed by atoms with Crippen molar-refractivity contribution >= 4 is 0 Å². The SMILES string of the molecule is C=C/C=C1/CCCC(C(C)(C)C)C1=C. The van der Waals surface area contributed by atoms with E-state index < -0.39 is 0 Å². The second kappa shape index (κ2) is 4.16. The molecule has 0 N–H and O–H groups in total. The van der Waals surface area contributed by atoms with Gasteiger partial charge in [0.25, 0.3) is 0 Å². The summed E-state index contributed by atoms with van der Waals surface area (Å²) in [6, 6.07) is 0. The molecule has 0 aromatic heterocycles. The average molecular weight is 190 g/mol. The van der Waals surface area contributed by atoms with Crippen molar-refractivity contribution in [2.45, 2.75) is 40.0 Å². The van der Waals surface area contributed by atoms with E-state index in [0.29, 0.717) is 11.3 Å². The van der Waals surface area contributed by atoms with E-state index in [1.807, 2.05) is 6.08 Å². The van der Waals surface area contributed by atoms with Crippen molar-refractivity contribution in [1.82, 2.24) is 0 Å². The van der Waals surface area contributed by atoms with Crippen LogP contribution in [0.3, 0.4) is 0 Å². The lowest BCUT2D eigenvalue weighted by molar-refractivity contribution is 0.251. The summed E-state index contributed by atoms with van der Waals surface area (Å²) in [5.41, 5.74) is 3.09. The first-order valence-electron chi connectivity index (χ1n) is 5.47. The summed E-state index contributed by atoms with van der Waals surface area (Å²) < 4.78 is 0. The lowest BCUT2D eigenvalue weighted by atomic mass is 9.68. The largest absolute Gasteiger partial charge is 0.0991 e. The first kappa shape index (κ1) is 11.3. The monoisotopic (exact) mass is 190 g/mol. The maximum atomic E-state index is 4.25. The number of allylic oxidation sites excluding steroid dienone is 4. The van der Waals surface area contributed by atoms with E-state index in [9.17, 15) is 0 Å². The van der Waals surface area contributed by atoms with Gasteiger partial charge in [0.15, 0.2) is 0 Å². The maximum absolute atomic E-state index is 4.25. The number of hydrogen-bond donors (Lipinski definition) is 0. The molecule has 78 valence electrons. The fourth-order valence-electron chi connectivity index (χ4n) is 2.34. The molecule has 0 nitrogen and oxygen atoms in total. The van der Waals surface area contributed by atoms with Gasteiger partial charge < -0.3 is 0 Å². The summed E-state index contributed by atoms with van der Waals surface area (Å²) in [4.78, 5) is 0. The normalized spacial score (nSPS) is 26.6. The molecule has 0 bridgehead atoms. The van der Waals surface area contributed by atoms with Crippen molar-refractivity contribution in [1.29, 1.82) is 0 Å².